The molecule has 0 atom stereocenters. The zero-order valence-corrected chi connectivity index (χ0v) is 11.6. The molecule has 1 aromatic carbocycles. The Kier molecular flexibility index (Phi) is 3.50. The van der Waals surface area contributed by atoms with Crippen LogP contribution in [0.2, 0.25) is 5.02 Å². The van der Waals surface area contributed by atoms with E-state index in [0.717, 1.165) is 22.2 Å². The predicted molar refractivity (Wildman–Crippen MR) is 79.7 cm³/mol. The molecule has 0 amide bonds. The molecule has 2 N–H and O–H groups in total. The highest BCUT2D eigenvalue weighted by Crippen LogP contribution is 2.30. The van der Waals surface area contributed by atoms with Crippen LogP contribution in [0.1, 0.15) is 0 Å². The van der Waals surface area contributed by atoms with Gasteiger partial charge in [-0.05, 0) is 23.8 Å². The van der Waals surface area contributed by atoms with Crippen LogP contribution in [0.3, 0.4) is 0 Å². The number of benzene rings is 1. The molecule has 106 valence electrons. The number of fused-ring (bicyclic) bond motifs is 1. The number of rotatable bonds is 4. The predicted octanol–water partition coefficient (Wildman–Crippen LogP) is 3.35. The van der Waals surface area contributed by atoms with Gasteiger partial charge >= 0.3 is 5.97 Å². The van der Waals surface area contributed by atoms with E-state index in [2.05, 4.69) is 9.97 Å². The molecule has 3 rings (SSSR count). The minimum absolute atomic E-state index is 0.355. The number of carbonyl (C=O) groups is 1. The molecule has 0 radical (unpaired) electrons. The van der Waals surface area contributed by atoms with E-state index in [1.807, 2.05) is 24.4 Å². The Hall–Kier alpha value is -2.53. The van der Waals surface area contributed by atoms with Crippen molar-refractivity contribution in [1.29, 1.82) is 0 Å². The molecule has 0 bridgehead atoms. The maximum atomic E-state index is 10.5. The molecular formula is C15H11ClN2O3. The highest BCUT2D eigenvalue weighted by molar-refractivity contribution is 6.31. The average molecular weight is 303 g/mol. The maximum Gasteiger partial charge on any atom is 0.341 e. The maximum absolute atomic E-state index is 10.5. The molecule has 0 spiro atoms. The lowest BCUT2D eigenvalue weighted by Gasteiger charge is -2.04. The summed E-state index contributed by atoms with van der Waals surface area (Å²) in [4.78, 5) is 17.8. The lowest BCUT2D eigenvalue weighted by Crippen LogP contribution is -2.09. The van der Waals surface area contributed by atoms with Gasteiger partial charge in [0.25, 0.3) is 0 Å². The van der Waals surface area contributed by atoms with Gasteiger partial charge in [0.1, 0.15) is 11.4 Å². The van der Waals surface area contributed by atoms with Crippen molar-refractivity contribution in [3.05, 3.63) is 47.7 Å². The van der Waals surface area contributed by atoms with Crippen LogP contribution in [0.5, 0.6) is 5.75 Å². The average Bonchev–Trinajstić information content (AvgIpc) is 2.88. The standard InChI is InChI=1S/C15H11ClN2O3/c16-10-5-12-13(7-18-15(12)17-6-10)9-1-3-11(4-2-9)21-8-14(19)20/h1-7H,8H2,(H,17,18)(H,19,20). The van der Waals surface area contributed by atoms with E-state index in [1.165, 1.54) is 0 Å². The number of nitrogens with zero attached hydrogens (tertiary/aromatic N) is 1. The van der Waals surface area contributed by atoms with E-state index < -0.39 is 5.97 Å². The molecule has 0 aliphatic carbocycles. The second kappa shape index (κ2) is 5.46. The van der Waals surface area contributed by atoms with Crippen molar-refractivity contribution >= 4 is 28.6 Å². The molecule has 0 aliphatic heterocycles. The number of nitrogens with one attached hydrogen (secondary N) is 1. The van der Waals surface area contributed by atoms with Crippen molar-refractivity contribution in [2.24, 2.45) is 0 Å². The molecule has 5 nitrogen and oxygen atoms in total. The molecule has 6 heteroatoms. The molecule has 2 aromatic heterocycles. The van der Waals surface area contributed by atoms with Gasteiger partial charge in [0.05, 0.1) is 5.02 Å². The number of ether oxygens (including phenoxy) is 1. The number of pyridine rings is 1. The minimum atomic E-state index is -1.00. The van der Waals surface area contributed by atoms with Crippen LogP contribution >= 0.6 is 11.6 Å². The smallest absolute Gasteiger partial charge is 0.341 e. The topological polar surface area (TPSA) is 75.2 Å². The Labute approximate surface area is 125 Å². The number of hydrogen-bond donors (Lipinski definition) is 2. The Morgan fingerprint density at radius 2 is 2.10 bits per heavy atom. The van der Waals surface area contributed by atoms with Gasteiger partial charge in [0.2, 0.25) is 0 Å². The lowest BCUT2D eigenvalue weighted by atomic mass is 10.1. The number of aromatic amines is 1. The Bertz CT molecular complexity index is 796. The van der Waals surface area contributed by atoms with Gasteiger partial charge in [-0.15, -0.1) is 0 Å². The summed E-state index contributed by atoms with van der Waals surface area (Å²) in [5.74, 6) is -0.492. The molecule has 0 aliphatic rings. The fourth-order valence-corrected chi connectivity index (χ4v) is 2.25. The third kappa shape index (κ3) is 2.83. The molecule has 0 saturated carbocycles. The second-order valence-corrected chi connectivity index (χ2v) is 4.90. The summed E-state index contributed by atoms with van der Waals surface area (Å²) in [5, 5.41) is 10.1. The zero-order chi connectivity index (χ0) is 14.8. The van der Waals surface area contributed by atoms with Crippen LogP contribution in [0.25, 0.3) is 22.2 Å². The monoisotopic (exact) mass is 302 g/mol. The van der Waals surface area contributed by atoms with Crippen LogP contribution in [0.15, 0.2) is 42.7 Å². The summed E-state index contributed by atoms with van der Waals surface area (Å²) in [7, 11) is 0. The molecule has 0 fully saturated rings. The van der Waals surface area contributed by atoms with E-state index in [-0.39, 0.29) is 6.61 Å². The fourth-order valence-electron chi connectivity index (χ4n) is 2.09. The number of aliphatic carboxylic acids is 1. The summed E-state index contributed by atoms with van der Waals surface area (Å²) < 4.78 is 5.11. The summed E-state index contributed by atoms with van der Waals surface area (Å²) >= 11 is 5.98. The molecule has 0 saturated heterocycles. The van der Waals surface area contributed by atoms with Crippen LogP contribution in [0.4, 0.5) is 0 Å². The Morgan fingerprint density at radius 1 is 1.33 bits per heavy atom. The molecule has 2 heterocycles. The quantitative estimate of drug-likeness (QED) is 0.775. The van der Waals surface area contributed by atoms with Gasteiger partial charge in [0, 0.05) is 23.3 Å². The highest BCUT2D eigenvalue weighted by Gasteiger charge is 2.08. The van der Waals surface area contributed by atoms with Crippen molar-refractivity contribution < 1.29 is 14.6 Å². The van der Waals surface area contributed by atoms with Gasteiger partial charge in [-0.2, -0.15) is 0 Å². The summed E-state index contributed by atoms with van der Waals surface area (Å²) in [6.45, 7) is -0.355. The zero-order valence-electron chi connectivity index (χ0n) is 10.8. The summed E-state index contributed by atoms with van der Waals surface area (Å²) in [6, 6.07) is 9.04. The third-order valence-electron chi connectivity index (χ3n) is 3.03. The van der Waals surface area contributed by atoms with Crippen molar-refractivity contribution in [1.82, 2.24) is 9.97 Å². The molecule has 0 unspecified atom stereocenters. The number of H-pyrrole nitrogens is 1. The van der Waals surface area contributed by atoms with E-state index >= 15 is 0 Å². The van der Waals surface area contributed by atoms with Crippen molar-refractivity contribution in [3.63, 3.8) is 0 Å². The van der Waals surface area contributed by atoms with Gasteiger partial charge in [-0.3, -0.25) is 0 Å². The number of aromatic nitrogens is 2. The number of carboxylic acids is 1. The highest BCUT2D eigenvalue weighted by atomic mass is 35.5. The van der Waals surface area contributed by atoms with Gasteiger partial charge < -0.3 is 14.8 Å². The van der Waals surface area contributed by atoms with Crippen LogP contribution in [-0.4, -0.2) is 27.7 Å². The van der Waals surface area contributed by atoms with Crippen LogP contribution in [-0.2, 0) is 4.79 Å². The lowest BCUT2D eigenvalue weighted by molar-refractivity contribution is -0.139. The molecule has 21 heavy (non-hydrogen) atoms. The van der Waals surface area contributed by atoms with Gasteiger partial charge in [-0.25, -0.2) is 9.78 Å². The molecular weight excluding hydrogens is 292 g/mol. The second-order valence-electron chi connectivity index (χ2n) is 4.46. The normalized spacial score (nSPS) is 10.7. The van der Waals surface area contributed by atoms with Gasteiger partial charge in [0.15, 0.2) is 6.61 Å². The summed E-state index contributed by atoms with van der Waals surface area (Å²) in [5.41, 5.74) is 2.71. The SMILES string of the molecule is O=C(O)COc1ccc(-c2c[nH]c3ncc(Cl)cc23)cc1. The summed E-state index contributed by atoms with van der Waals surface area (Å²) in [6.07, 6.45) is 3.45. The Balaban J connectivity index is 1.92. The fraction of sp³-hybridized carbons (Fsp3) is 0.0667. The first-order chi connectivity index (χ1) is 10.1. The van der Waals surface area contributed by atoms with E-state index in [1.54, 1.807) is 18.3 Å². The van der Waals surface area contributed by atoms with Crippen molar-refractivity contribution in [2.75, 3.05) is 6.61 Å². The number of hydrogen-bond acceptors (Lipinski definition) is 3. The number of halogens is 1. The van der Waals surface area contributed by atoms with Gasteiger partial charge in [-0.1, -0.05) is 23.7 Å². The van der Waals surface area contributed by atoms with Crippen molar-refractivity contribution in [2.45, 2.75) is 0 Å². The largest absolute Gasteiger partial charge is 0.482 e. The van der Waals surface area contributed by atoms with Crippen LogP contribution in [0, 0.1) is 0 Å². The first kappa shape index (κ1) is 13.5. The third-order valence-corrected chi connectivity index (χ3v) is 3.23. The first-order valence-electron chi connectivity index (χ1n) is 6.21. The van der Waals surface area contributed by atoms with E-state index in [9.17, 15) is 4.79 Å². The van der Waals surface area contributed by atoms with E-state index in [0.29, 0.717) is 10.8 Å². The first-order valence-corrected chi connectivity index (χ1v) is 6.59. The minimum Gasteiger partial charge on any atom is -0.482 e. The van der Waals surface area contributed by atoms with E-state index in [4.69, 9.17) is 21.4 Å². The van der Waals surface area contributed by atoms with Crippen molar-refractivity contribution in [3.8, 4) is 16.9 Å². The van der Waals surface area contributed by atoms with Crippen LogP contribution < -0.4 is 4.74 Å². The Morgan fingerprint density at radius 3 is 2.81 bits per heavy atom. The number of carboxylic acid groups (broad SMARTS) is 1. The molecule has 3 aromatic rings.